The van der Waals surface area contributed by atoms with E-state index in [-0.39, 0.29) is 36.7 Å². The zero-order valence-corrected chi connectivity index (χ0v) is 19.2. The molecule has 0 saturated heterocycles. The lowest BCUT2D eigenvalue weighted by atomic mass is 9.94. The maximum absolute atomic E-state index is 13.3. The van der Waals surface area contributed by atoms with Crippen molar-refractivity contribution in [3.8, 4) is 5.75 Å². The van der Waals surface area contributed by atoms with Crippen molar-refractivity contribution in [2.75, 3.05) is 0 Å². The van der Waals surface area contributed by atoms with Crippen LogP contribution in [0.1, 0.15) is 50.9 Å². The SMILES string of the molecule is CCn1c(=O)c2[nH]c(C=Cc3ccc(OC4CCC(F)(F)CC4)c(Cl)c3)nc2n(CC)c1=O. The molecule has 0 radical (unpaired) electrons. The largest absolute Gasteiger partial charge is 0.489 e. The number of benzene rings is 1. The van der Waals surface area contributed by atoms with Crippen LogP contribution in [-0.2, 0) is 13.1 Å². The van der Waals surface area contributed by atoms with E-state index in [1.807, 2.05) is 6.92 Å². The topological polar surface area (TPSA) is 81.9 Å². The van der Waals surface area contributed by atoms with E-state index < -0.39 is 11.5 Å². The Labute approximate surface area is 193 Å². The van der Waals surface area contributed by atoms with E-state index in [1.165, 1.54) is 9.13 Å². The van der Waals surface area contributed by atoms with Crippen molar-refractivity contribution in [3.05, 3.63) is 55.4 Å². The summed E-state index contributed by atoms with van der Waals surface area (Å²) in [4.78, 5) is 32.5. The van der Waals surface area contributed by atoms with Gasteiger partial charge < -0.3 is 9.72 Å². The zero-order valence-electron chi connectivity index (χ0n) is 18.4. The second kappa shape index (κ2) is 9.13. The smallest absolute Gasteiger partial charge is 0.332 e. The average molecular weight is 479 g/mol. The Balaban J connectivity index is 1.54. The fraction of sp³-hybridized carbons (Fsp3) is 0.435. The third kappa shape index (κ3) is 4.73. The highest BCUT2D eigenvalue weighted by Gasteiger charge is 2.35. The summed E-state index contributed by atoms with van der Waals surface area (Å²) >= 11 is 6.35. The normalized spacial score (nSPS) is 16.6. The fourth-order valence-corrected chi connectivity index (χ4v) is 4.26. The Morgan fingerprint density at radius 1 is 1.18 bits per heavy atom. The third-order valence-electron chi connectivity index (χ3n) is 5.86. The summed E-state index contributed by atoms with van der Waals surface area (Å²) in [6.45, 7) is 4.22. The van der Waals surface area contributed by atoms with Gasteiger partial charge in [-0.1, -0.05) is 23.7 Å². The third-order valence-corrected chi connectivity index (χ3v) is 6.15. The molecule has 2 aromatic heterocycles. The Morgan fingerprint density at radius 2 is 1.88 bits per heavy atom. The molecule has 2 heterocycles. The van der Waals surface area contributed by atoms with Crippen molar-refractivity contribution in [2.24, 2.45) is 0 Å². The van der Waals surface area contributed by atoms with E-state index in [0.717, 1.165) is 5.56 Å². The molecule has 1 N–H and O–H groups in total. The number of imidazole rings is 1. The Hall–Kier alpha value is -2.94. The number of aryl methyl sites for hydroxylation is 1. The van der Waals surface area contributed by atoms with E-state index in [4.69, 9.17) is 16.3 Å². The van der Waals surface area contributed by atoms with E-state index >= 15 is 0 Å². The highest BCUT2D eigenvalue weighted by Crippen LogP contribution is 2.36. The van der Waals surface area contributed by atoms with Crippen molar-refractivity contribution >= 4 is 34.9 Å². The summed E-state index contributed by atoms with van der Waals surface area (Å²) in [6.07, 6.45) is 3.41. The van der Waals surface area contributed by atoms with Crippen molar-refractivity contribution in [1.82, 2.24) is 19.1 Å². The maximum atomic E-state index is 13.3. The summed E-state index contributed by atoms with van der Waals surface area (Å²) in [6, 6.07) is 5.21. The summed E-state index contributed by atoms with van der Waals surface area (Å²) in [7, 11) is 0. The molecule has 1 aliphatic rings. The Kier molecular flexibility index (Phi) is 6.43. The molecule has 0 unspecified atom stereocenters. The number of fused-ring (bicyclic) bond motifs is 1. The van der Waals surface area contributed by atoms with Crippen LogP contribution in [0.15, 0.2) is 27.8 Å². The number of nitrogens with zero attached hydrogens (tertiary/aromatic N) is 3. The second-order valence-electron chi connectivity index (χ2n) is 8.09. The minimum absolute atomic E-state index is 0.178. The molecule has 1 aromatic carbocycles. The summed E-state index contributed by atoms with van der Waals surface area (Å²) in [5, 5.41) is 0.379. The van der Waals surface area contributed by atoms with Gasteiger partial charge in [-0.3, -0.25) is 13.9 Å². The second-order valence-corrected chi connectivity index (χ2v) is 8.50. The van der Waals surface area contributed by atoms with Gasteiger partial charge >= 0.3 is 5.69 Å². The molecule has 0 spiro atoms. The number of aromatic amines is 1. The predicted molar refractivity (Wildman–Crippen MR) is 124 cm³/mol. The van der Waals surface area contributed by atoms with Gasteiger partial charge in [0, 0.05) is 25.9 Å². The minimum atomic E-state index is -2.61. The van der Waals surface area contributed by atoms with Crippen molar-refractivity contribution < 1.29 is 13.5 Å². The predicted octanol–water partition coefficient (Wildman–Crippen LogP) is 4.71. The first-order chi connectivity index (χ1) is 15.7. The number of aromatic nitrogens is 4. The Morgan fingerprint density at radius 3 is 2.52 bits per heavy atom. The van der Waals surface area contributed by atoms with Crippen molar-refractivity contribution in [1.29, 1.82) is 0 Å². The van der Waals surface area contributed by atoms with Gasteiger partial charge in [0.15, 0.2) is 5.65 Å². The van der Waals surface area contributed by atoms with Crippen LogP contribution in [0.25, 0.3) is 23.3 Å². The lowest BCUT2D eigenvalue weighted by Crippen LogP contribution is -2.39. The number of alkyl halides is 2. The lowest BCUT2D eigenvalue weighted by molar-refractivity contribution is -0.0582. The van der Waals surface area contributed by atoms with Crippen LogP contribution in [-0.4, -0.2) is 31.1 Å². The molecule has 1 fully saturated rings. The van der Waals surface area contributed by atoms with Gasteiger partial charge in [0.25, 0.3) is 5.56 Å². The molecule has 3 aromatic rings. The molecule has 0 amide bonds. The van der Waals surface area contributed by atoms with Crippen LogP contribution in [0.2, 0.25) is 5.02 Å². The van der Waals surface area contributed by atoms with E-state index in [0.29, 0.717) is 41.6 Å². The maximum Gasteiger partial charge on any atom is 0.332 e. The molecule has 0 bridgehead atoms. The Bertz CT molecular complexity index is 1320. The number of rotatable bonds is 6. The minimum Gasteiger partial charge on any atom is -0.489 e. The van der Waals surface area contributed by atoms with Gasteiger partial charge in [-0.15, -0.1) is 0 Å². The molecular formula is C23H25ClF2N4O3. The van der Waals surface area contributed by atoms with Crippen molar-refractivity contribution in [3.63, 3.8) is 0 Å². The fourth-order valence-electron chi connectivity index (χ4n) is 4.03. The quantitative estimate of drug-likeness (QED) is 0.556. The van der Waals surface area contributed by atoms with Gasteiger partial charge in [-0.2, -0.15) is 0 Å². The summed E-state index contributed by atoms with van der Waals surface area (Å²) in [5.41, 5.74) is 0.569. The lowest BCUT2D eigenvalue weighted by Gasteiger charge is -2.28. The van der Waals surface area contributed by atoms with E-state index in [2.05, 4.69) is 9.97 Å². The number of nitrogens with one attached hydrogen (secondary N) is 1. The molecular weight excluding hydrogens is 454 g/mol. The van der Waals surface area contributed by atoms with Crippen LogP contribution in [0.5, 0.6) is 5.75 Å². The monoisotopic (exact) mass is 478 g/mol. The van der Waals surface area contributed by atoms with Crippen LogP contribution in [0, 0.1) is 0 Å². The molecule has 0 atom stereocenters. The molecule has 176 valence electrons. The number of H-pyrrole nitrogens is 1. The van der Waals surface area contributed by atoms with Crippen LogP contribution in [0.4, 0.5) is 8.78 Å². The first-order valence-electron chi connectivity index (χ1n) is 11.0. The van der Waals surface area contributed by atoms with Gasteiger partial charge in [0.1, 0.15) is 17.1 Å². The van der Waals surface area contributed by atoms with E-state index in [9.17, 15) is 18.4 Å². The van der Waals surface area contributed by atoms with Crippen molar-refractivity contribution in [2.45, 2.75) is 64.6 Å². The number of ether oxygens (including phenoxy) is 1. The highest BCUT2D eigenvalue weighted by atomic mass is 35.5. The first kappa shape index (κ1) is 23.2. The number of hydrogen-bond donors (Lipinski definition) is 1. The molecule has 33 heavy (non-hydrogen) atoms. The standard InChI is InChI=1S/C23H25ClF2N4O3/c1-3-29-20-19(21(31)30(4-2)22(29)32)27-18(28-20)8-6-14-5-7-17(16(24)13-14)33-15-9-11-23(25,26)12-10-15/h5-8,13,15H,3-4,9-12H2,1-2H3,(H,27,28). The van der Waals surface area contributed by atoms with Crippen LogP contribution < -0.4 is 16.0 Å². The van der Waals surface area contributed by atoms with Gasteiger partial charge in [-0.25, -0.2) is 18.6 Å². The number of hydrogen-bond acceptors (Lipinski definition) is 4. The molecule has 7 nitrogen and oxygen atoms in total. The molecule has 1 aliphatic carbocycles. The molecule has 1 saturated carbocycles. The number of halogens is 3. The van der Waals surface area contributed by atoms with E-state index in [1.54, 1.807) is 37.3 Å². The summed E-state index contributed by atoms with van der Waals surface area (Å²) in [5.74, 6) is -1.72. The van der Waals surface area contributed by atoms with Crippen LogP contribution in [0.3, 0.4) is 0 Å². The first-order valence-corrected chi connectivity index (χ1v) is 11.4. The summed E-state index contributed by atoms with van der Waals surface area (Å²) < 4.78 is 35.1. The molecule has 10 heteroatoms. The van der Waals surface area contributed by atoms with Gasteiger partial charge in [0.05, 0.1) is 11.1 Å². The van der Waals surface area contributed by atoms with Gasteiger partial charge in [-0.05, 0) is 50.5 Å². The molecule has 4 rings (SSSR count). The highest BCUT2D eigenvalue weighted by molar-refractivity contribution is 6.32. The van der Waals surface area contributed by atoms with Crippen LogP contribution >= 0.6 is 11.6 Å². The average Bonchev–Trinajstić information content (AvgIpc) is 3.20. The zero-order chi connectivity index (χ0) is 23.8. The van der Waals surface area contributed by atoms with Gasteiger partial charge in [0.2, 0.25) is 5.92 Å². The molecule has 0 aliphatic heterocycles.